The van der Waals surface area contributed by atoms with Crippen molar-refractivity contribution in [3.63, 3.8) is 0 Å². The van der Waals surface area contributed by atoms with Crippen molar-refractivity contribution in [2.45, 2.75) is 11.2 Å². The fraction of sp³-hybridized carbons (Fsp3) is 0.200. The first-order chi connectivity index (χ1) is 9.15. The highest BCUT2D eigenvalue weighted by Crippen LogP contribution is 2.37. The zero-order chi connectivity index (χ0) is 13.4. The Morgan fingerprint density at radius 2 is 1.74 bits per heavy atom. The van der Waals surface area contributed by atoms with Gasteiger partial charge in [0.15, 0.2) is 0 Å². The van der Waals surface area contributed by atoms with Crippen LogP contribution in [0.1, 0.15) is 21.5 Å². The SMILES string of the molecule is Clc1ccc(C(Br)c2ccc3c(c2)CCO3)cc1Cl. The molecule has 0 N–H and O–H groups in total. The molecule has 1 nitrogen and oxygen atoms in total. The third-order valence-electron chi connectivity index (χ3n) is 3.24. The molecule has 0 saturated heterocycles. The predicted molar refractivity (Wildman–Crippen MR) is 82.9 cm³/mol. The summed E-state index contributed by atoms with van der Waals surface area (Å²) in [7, 11) is 0. The van der Waals surface area contributed by atoms with Crippen LogP contribution in [0.25, 0.3) is 0 Å². The highest BCUT2D eigenvalue weighted by atomic mass is 79.9. The Morgan fingerprint density at radius 3 is 2.53 bits per heavy atom. The van der Waals surface area contributed by atoms with Gasteiger partial charge in [-0.15, -0.1) is 0 Å². The van der Waals surface area contributed by atoms with Crippen LogP contribution in [0, 0.1) is 0 Å². The van der Waals surface area contributed by atoms with Crippen LogP contribution >= 0.6 is 39.1 Å². The molecule has 0 radical (unpaired) electrons. The van der Waals surface area contributed by atoms with Crippen LogP contribution in [0.5, 0.6) is 5.75 Å². The number of halogens is 3. The molecule has 1 aliphatic heterocycles. The molecule has 98 valence electrons. The third-order valence-corrected chi connectivity index (χ3v) is 5.04. The van der Waals surface area contributed by atoms with Crippen LogP contribution in [0.3, 0.4) is 0 Å². The van der Waals surface area contributed by atoms with Crippen molar-refractivity contribution in [2.24, 2.45) is 0 Å². The van der Waals surface area contributed by atoms with Gasteiger partial charge in [0.1, 0.15) is 5.75 Å². The van der Waals surface area contributed by atoms with E-state index in [2.05, 4.69) is 28.1 Å². The van der Waals surface area contributed by atoms with Crippen molar-refractivity contribution < 1.29 is 4.74 Å². The van der Waals surface area contributed by atoms with Crippen LogP contribution in [-0.2, 0) is 6.42 Å². The summed E-state index contributed by atoms with van der Waals surface area (Å²) in [6, 6.07) is 12.0. The number of fused-ring (bicyclic) bond motifs is 1. The summed E-state index contributed by atoms with van der Waals surface area (Å²) in [5.41, 5.74) is 3.55. The summed E-state index contributed by atoms with van der Waals surface area (Å²) in [5.74, 6) is 0.998. The molecule has 0 aromatic heterocycles. The van der Waals surface area contributed by atoms with Gasteiger partial charge in [-0.05, 0) is 34.9 Å². The lowest BCUT2D eigenvalue weighted by molar-refractivity contribution is 0.357. The van der Waals surface area contributed by atoms with Crippen LogP contribution in [0.2, 0.25) is 10.0 Å². The number of ether oxygens (including phenoxy) is 1. The second-order valence-electron chi connectivity index (χ2n) is 4.50. The van der Waals surface area contributed by atoms with Crippen LogP contribution in [0.15, 0.2) is 36.4 Å². The van der Waals surface area contributed by atoms with Gasteiger partial charge in [-0.1, -0.05) is 57.3 Å². The normalized spacial score (nSPS) is 14.9. The van der Waals surface area contributed by atoms with Gasteiger partial charge in [-0.3, -0.25) is 0 Å². The first kappa shape index (κ1) is 13.3. The fourth-order valence-electron chi connectivity index (χ4n) is 2.23. The average Bonchev–Trinajstić information content (AvgIpc) is 2.88. The summed E-state index contributed by atoms with van der Waals surface area (Å²) < 4.78 is 5.52. The highest BCUT2D eigenvalue weighted by molar-refractivity contribution is 9.09. The first-order valence-corrected chi connectivity index (χ1v) is 7.67. The molecule has 1 atom stereocenters. The highest BCUT2D eigenvalue weighted by Gasteiger charge is 2.17. The number of alkyl halides is 1. The molecule has 19 heavy (non-hydrogen) atoms. The largest absolute Gasteiger partial charge is 0.493 e. The van der Waals surface area contributed by atoms with Gasteiger partial charge < -0.3 is 4.74 Å². The molecule has 1 heterocycles. The lowest BCUT2D eigenvalue weighted by Gasteiger charge is -2.12. The van der Waals surface area contributed by atoms with Gasteiger partial charge in [0.25, 0.3) is 0 Å². The minimum absolute atomic E-state index is 0.105. The van der Waals surface area contributed by atoms with E-state index in [0.717, 1.165) is 24.3 Å². The number of rotatable bonds is 2. The zero-order valence-electron chi connectivity index (χ0n) is 10.00. The van der Waals surface area contributed by atoms with Crippen molar-refractivity contribution in [3.05, 3.63) is 63.1 Å². The van der Waals surface area contributed by atoms with E-state index in [1.807, 2.05) is 24.3 Å². The number of benzene rings is 2. The van der Waals surface area contributed by atoms with Crippen LogP contribution in [0.4, 0.5) is 0 Å². The minimum atomic E-state index is 0.105. The van der Waals surface area contributed by atoms with Gasteiger partial charge in [0.2, 0.25) is 0 Å². The molecule has 3 rings (SSSR count). The fourth-order valence-corrected chi connectivity index (χ4v) is 3.10. The molecule has 2 aromatic carbocycles. The molecular weight excluding hydrogens is 347 g/mol. The van der Waals surface area contributed by atoms with Gasteiger partial charge in [0, 0.05) is 6.42 Å². The molecule has 0 aliphatic carbocycles. The quantitative estimate of drug-likeness (QED) is 0.652. The van der Waals surface area contributed by atoms with Crippen molar-refractivity contribution >= 4 is 39.1 Å². The summed E-state index contributed by atoms with van der Waals surface area (Å²) in [6.45, 7) is 0.776. The summed E-state index contributed by atoms with van der Waals surface area (Å²) in [5, 5.41) is 1.15. The summed E-state index contributed by atoms with van der Waals surface area (Å²) in [6.07, 6.45) is 0.976. The van der Waals surface area contributed by atoms with Gasteiger partial charge >= 0.3 is 0 Å². The van der Waals surface area contributed by atoms with E-state index in [0.29, 0.717) is 10.0 Å². The molecule has 0 amide bonds. The second kappa shape index (κ2) is 5.35. The lowest BCUT2D eigenvalue weighted by atomic mass is 10.0. The van der Waals surface area contributed by atoms with E-state index in [1.54, 1.807) is 0 Å². The molecule has 2 aromatic rings. The standard InChI is InChI=1S/C15H11BrCl2O/c16-15(11-1-3-12(17)13(18)8-11)10-2-4-14-9(7-10)5-6-19-14/h1-4,7-8,15H,5-6H2. The maximum atomic E-state index is 6.07. The Labute approximate surface area is 130 Å². The monoisotopic (exact) mass is 356 g/mol. The summed E-state index contributed by atoms with van der Waals surface area (Å²) in [4.78, 5) is 0.105. The molecule has 4 heteroatoms. The van der Waals surface area contributed by atoms with Crippen molar-refractivity contribution in [2.75, 3.05) is 6.61 Å². The van der Waals surface area contributed by atoms with E-state index >= 15 is 0 Å². The Balaban J connectivity index is 1.94. The smallest absolute Gasteiger partial charge is 0.122 e. The minimum Gasteiger partial charge on any atom is -0.493 e. The molecule has 0 fully saturated rings. The molecular formula is C15H11BrCl2O. The Hall–Kier alpha value is -0.700. The van der Waals surface area contributed by atoms with Gasteiger partial charge in [0.05, 0.1) is 21.5 Å². The molecule has 0 spiro atoms. The lowest BCUT2D eigenvalue weighted by Crippen LogP contribution is -1.94. The molecule has 1 unspecified atom stereocenters. The van der Waals surface area contributed by atoms with E-state index < -0.39 is 0 Å². The first-order valence-electron chi connectivity index (χ1n) is 6.00. The maximum absolute atomic E-state index is 6.07. The van der Waals surface area contributed by atoms with Gasteiger partial charge in [-0.2, -0.15) is 0 Å². The zero-order valence-corrected chi connectivity index (χ0v) is 13.1. The van der Waals surface area contributed by atoms with E-state index in [9.17, 15) is 0 Å². The van der Waals surface area contributed by atoms with Crippen LogP contribution < -0.4 is 4.74 Å². The number of hydrogen-bond donors (Lipinski definition) is 0. The Kier molecular flexibility index (Phi) is 3.75. The average molecular weight is 358 g/mol. The maximum Gasteiger partial charge on any atom is 0.122 e. The Bertz CT molecular complexity index is 628. The number of hydrogen-bond acceptors (Lipinski definition) is 1. The van der Waals surface area contributed by atoms with Crippen molar-refractivity contribution in [1.29, 1.82) is 0 Å². The van der Waals surface area contributed by atoms with E-state index in [-0.39, 0.29) is 4.83 Å². The van der Waals surface area contributed by atoms with Crippen molar-refractivity contribution in [3.8, 4) is 5.75 Å². The van der Waals surface area contributed by atoms with E-state index in [1.165, 1.54) is 11.1 Å². The molecule has 1 aliphatic rings. The summed E-state index contributed by atoms with van der Waals surface area (Å²) >= 11 is 15.7. The third kappa shape index (κ3) is 2.62. The molecule has 0 bridgehead atoms. The predicted octanol–water partition coefficient (Wildman–Crippen LogP) is 5.41. The molecule has 0 saturated carbocycles. The van der Waals surface area contributed by atoms with E-state index in [4.69, 9.17) is 27.9 Å². The van der Waals surface area contributed by atoms with Crippen LogP contribution in [-0.4, -0.2) is 6.61 Å². The topological polar surface area (TPSA) is 9.23 Å². The van der Waals surface area contributed by atoms with Crippen molar-refractivity contribution in [1.82, 2.24) is 0 Å². The second-order valence-corrected chi connectivity index (χ2v) is 6.23. The Morgan fingerprint density at radius 1 is 1.00 bits per heavy atom. The van der Waals surface area contributed by atoms with Gasteiger partial charge in [-0.25, -0.2) is 0 Å².